The van der Waals surface area contributed by atoms with Crippen molar-refractivity contribution in [3.8, 4) is 0 Å². The van der Waals surface area contributed by atoms with Crippen molar-refractivity contribution in [2.75, 3.05) is 12.4 Å². The van der Waals surface area contributed by atoms with Gasteiger partial charge in [-0.2, -0.15) is 0 Å². The number of rotatable bonds is 4. The number of aromatic nitrogens is 1. The molecule has 0 amide bonds. The van der Waals surface area contributed by atoms with Gasteiger partial charge in [-0.05, 0) is 24.3 Å². The first-order valence-corrected chi connectivity index (χ1v) is 6.16. The van der Waals surface area contributed by atoms with Gasteiger partial charge in [0.2, 0.25) is 6.20 Å². The van der Waals surface area contributed by atoms with Gasteiger partial charge in [-0.15, -0.1) is 0 Å². The van der Waals surface area contributed by atoms with Gasteiger partial charge in [-0.1, -0.05) is 15.9 Å². The molecule has 0 aliphatic carbocycles. The molecule has 0 unspecified atom stereocenters. The molecule has 0 saturated carbocycles. The topological polar surface area (TPSA) is 68.3 Å². The zero-order valence-electron chi connectivity index (χ0n) is 10.0. The Kier molecular flexibility index (Phi) is 3.96. The zero-order chi connectivity index (χ0) is 13.8. The van der Waals surface area contributed by atoms with Crippen LogP contribution < -0.4 is 14.9 Å². The first-order chi connectivity index (χ1) is 9.10. The van der Waals surface area contributed by atoms with Crippen molar-refractivity contribution in [1.82, 2.24) is 0 Å². The molecule has 0 radical (unpaired) electrons. The number of nitrogens with one attached hydrogen (secondary N) is 1. The summed E-state index contributed by atoms with van der Waals surface area (Å²) in [6, 6.07) is 8.71. The Morgan fingerprint density at radius 3 is 2.58 bits per heavy atom. The molecule has 98 valence electrons. The van der Waals surface area contributed by atoms with Crippen molar-refractivity contribution >= 4 is 33.0 Å². The number of benzene rings is 1. The smallest absolute Gasteiger partial charge is 0.305 e. The van der Waals surface area contributed by atoms with Gasteiger partial charge in [0.15, 0.2) is 5.69 Å². The van der Waals surface area contributed by atoms with E-state index >= 15 is 0 Å². The molecule has 19 heavy (non-hydrogen) atoms. The molecule has 0 fully saturated rings. The van der Waals surface area contributed by atoms with Crippen LogP contribution in [0.1, 0.15) is 0 Å². The molecule has 1 aromatic heterocycles. The van der Waals surface area contributed by atoms with Crippen molar-refractivity contribution in [2.24, 2.45) is 0 Å². The molecule has 0 atom stereocenters. The molecule has 1 heterocycles. The molecule has 0 bridgehead atoms. The van der Waals surface area contributed by atoms with Crippen LogP contribution >= 0.6 is 15.9 Å². The highest BCUT2D eigenvalue weighted by Gasteiger charge is 2.19. The van der Waals surface area contributed by atoms with Gasteiger partial charge in [-0.3, -0.25) is 15.0 Å². The molecule has 2 rings (SSSR count). The summed E-state index contributed by atoms with van der Waals surface area (Å²) in [4.78, 5) is 15.5. The molecule has 1 N–H and O–H groups in total. The van der Waals surface area contributed by atoms with Crippen LogP contribution in [-0.2, 0) is 0 Å². The van der Waals surface area contributed by atoms with Crippen molar-refractivity contribution in [2.45, 2.75) is 0 Å². The van der Waals surface area contributed by atoms with Crippen LogP contribution in [0, 0.1) is 10.1 Å². The maximum atomic E-state index is 11.0. The molecular weight excluding hydrogens is 314 g/mol. The van der Waals surface area contributed by atoms with E-state index in [1.54, 1.807) is 0 Å². The minimum atomic E-state index is -0.443. The molecule has 0 spiro atoms. The minimum absolute atomic E-state index is 0.0174. The fourth-order valence-electron chi connectivity index (χ4n) is 1.53. The van der Waals surface area contributed by atoms with Gasteiger partial charge in [-0.25, -0.2) is 0 Å². The molecule has 2 aromatic rings. The summed E-state index contributed by atoms with van der Waals surface area (Å²) in [5, 5.41) is 14.0. The molecule has 0 aliphatic rings. The first-order valence-electron chi connectivity index (χ1n) is 5.37. The maximum absolute atomic E-state index is 11.0. The quantitative estimate of drug-likeness (QED) is 0.533. The molecule has 0 aliphatic heterocycles. The standard InChI is InChI=1S/C12H11BrN3O3/c1-19-15-7-6-12(16(17)18)11(8-15)14-10-4-2-9(13)3-5-10/h2-8,14H,1H3/q+1. The SMILES string of the molecule is CO[n+]1ccc([N+](=O)[O-])c(Nc2ccc(Br)cc2)c1. The normalized spacial score (nSPS) is 10.0. The lowest BCUT2D eigenvalue weighted by molar-refractivity contribution is -0.885. The van der Waals surface area contributed by atoms with Crippen molar-refractivity contribution in [3.05, 3.63) is 57.3 Å². The van der Waals surface area contributed by atoms with Crippen LogP contribution in [0.15, 0.2) is 47.2 Å². The van der Waals surface area contributed by atoms with Crippen LogP contribution in [0.2, 0.25) is 0 Å². The Balaban J connectivity index is 2.36. The number of hydrogen-bond acceptors (Lipinski definition) is 4. The molecule has 0 saturated heterocycles. The fourth-order valence-corrected chi connectivity index (χ4v) is 1.79. The highest BCUT2D eigenvalue weighted by molar-refractivity contribution is 9.10. The van der Waals surface area contributed by atoms with Crippen molar-refractivity contribution < 1.29 is 14.5 Å². The lowest BCUT2D eigenvalue weighted by Gasteiger charge is -2.05. The third kappa shape index (κ3) is 3.19. The van der Waals surface area contributed by atoms with E-state index in [4.69, 9.17) is 4.84 Å². The third-order valence-electron chi connectivity index (χ3n) is 2.44. The van der Waals surface area contributed by atoms with Crippen molar-refractivity contribution in [1.29, 1.82) is 0 Å². The Morgan fingerprint density at radius 2 is 2.00 bits per heavy atom. The van der Waals surface area contributed by atoms with E-state index in [2.05, 4.69) is 21.2 Å². The average Bonchev–Trinajstić information content (AvgIpc) is 2.41. The lowest BCUT2D eigenvalue weighted by Crippen LogP contribution is -2.39. The second kappa shape index (κ2) is 5.66. The van der Waals surface area contributed by atoms with Crippen LogP contribution in [0.4, 0.5) is 17.1 Å². The summed E-state index contributed by atoms with van der Waals surface area (Å²) in [6.07, 6.45) is 2.99. The number of anilines is 2. The number of hydrogen-bond donors (Lipinski definition) is 1. The predicted molar refractivity (Wildman–Crippen MR) is 73.2 cm³/mol. The lowest BCUT2D eigenvalue weighted by atomic mass is 10.3. The Morgan fingerprint density at radius 1 is 1.32 bits per heavy atom. The highest BCUT2D eigenvalue weighted by Crippen LogP contribution is 2.26. The number of nitro groups is 1. The number of pyridine rings is 1. The van der Waals surface area contributed by atoms with Gasteiger partial charge >= 0.3 is 5.69 Å². The van der Waals surface area contributed by atoms with E-state index in [-0.39, 0.29) is 5.69 Å². The van der Waals surface area contributed by atoms with E-state index < -0.39 is 4.92 Å². The zero-order valence-corrected chi connectivity index (χ0v) is 11.6. The highest BCUT2D eigenvalue weighted by atomic mass is 79.9. The van der Waals surface area contributed by atoms with E-state index in [1.807, 2.05) is 24.3 Å². The maximum Gasteiger partial charge on any atom is 0.305 e. The second-order valence-corrected chi connectivity index (χ2v) is 4.59. The number of halogens is 1. The molecule has 7 heteroatoms. The van der Waals surface area contributed by atoms with E-state index in [0.29, 0.717) is 5.69 Å². The third-order valence-corrected chi connectivity index (χ3v) is 2.97. The van der Waals surface area contributed by atoms with E-state index in [0.717, 1.165) is 10.2 Å². The van der Waals surface area contributed by atoms with Crippen LogP contribution in [-0.4, -0.2) is 12.0 Å². The number of nitrogens with zero attached hydrogens (tertiary/aromatic N) is 2. The first kappa shape index (κ1) is 13.3. The largest absolute Gasteiger partial charge is 0.345 e. The Bertz CT molecular complexity index is 602. The summed E-state index contributed by atoms with van der Waals surface area (Å²) in [5.74, 6) is 0. The van der Waals surface area contributed by atoms with Gasteiger partial charge in [0.05, 0.1) is 11.0 Å². The van der Waals surface area contributed by atoms with Crippen molar-refractivity contribution in [3.63, 3.8) is 0 Å². The summed E-state index contributed by atoms with van der Waals surface area (Å²) in [7, 11) is 1.48. The van der Waals surface area contributed by atoms with E-state index in [9.17, 15) is 10.1 Å². The summed E-state index contributed by atoms with van der Waals surface area (Å²) in [6.45, 7) is 0. The second-order valence-electron chi connectivity index (χ2n) is 3.68. The monoisotopic (exact) mass is 324 g/mol. The van der Waals surface area contributed by atoms with Crippen LogP contribution in [0.25, 0.3) is 0 Å². The van der Waals surface area contributed by atoms with Crippen LogP contribution in [0.5, 0.6) is 0 Å². The molecular formula is C12H11BrN3O3+. The fraction of sp³-hybridized carbons (Fsp3) is 0.0833. The Labute approximate surface area is 117 Å². The van der Waals surface area contributed by atoms with Gasteiger partial charge in [0.25, 0.3) is 6.20 Å². The molecule has 6 nitrogen and oxygen atoms in total. The summed E-state index contributed by atoms with van der Waals surface area (Å²) < 4.78 is 2.32. The van der Waals surface area contributed by atoms with Crippen LogP contribution in [0.3, 0.4) is 0 Å². The summed E-state index contributed by atoms with van der Waals surface area (Å²) in [5.41, 5.74) is 1.09. The predicted octanol–water partition coefficient (Wildman–Crippen LogP) is 2.45. The summed E-state index contributed by atoms with van der Waals surface area (Å²) >= 11 is 3.33. The Hall–Kier alpha value is -2.15. The van der Waals surface area contributed by atoms with Gasteiger partial charge < -0.3 is 5.32 Å². The minimum Gasteiger partial charge on any atom is -0.345 e. The van der Waals surface area contributed by atoms with Gasteiger partial charge in [0, 0.05) is 14.9 Å². The average molecular weight is 325 g/mol. The van der Waals surface area contributed by atoms with Gasteiger partial charge in [0.1, 0.15) is 7.11 Å². The molecule has 1 aromatic carbocycles. The van der Waals surface area contributed by atoms with E-state index in [1.165, 1.54) is 30.3 Å².